The van der Waals surface area contributed by atoms with Gasteiger partial charge in [-0.15, -0.1) is 5.10 Å². The first-order chi connectivity index (χ1) is 6.79. The highest BCUT2D eigenvalue weighted by Gasteiger charge is 2.07. The lowest BCUT2D eigenvalue weighted by Crippen LogP contribution is -2.28. The van der Waals surface area contributed by atoms with Crippen LogP contribution in [-0.2, 0) is 0 Å². The van der Waals surface area contributed by atoms with Crippen LogP contribution in [0.5, 0.6) is 0 Å². The maximum atomic E-state index is 8.83. The van der Waals surface area contributed by atoms with Crippen molar-refractivity contribution in [2.24, 2.45) is 0 Å². The van der Waals surface area contributed by atoms with Gasteiger partial charge in [0.15, 0.2) is 5.82 Å². The van der Waals surface area contributed by atoms with Gasteiger partial charge in [-0.1, -0.05) is 0 Å². The molecule has 1 N–H and O–H groups in total. The molecule has 5 heteroatoms. The minimum absolute atomic E-state index is 0.554. The van der Waals surface area contributed by atoms with Crippen LogP contribution in [0.3, 0.4) is 0 Å². The van der Waals surface area contributed by atoms with Crippen molar-refractivity contribution in [2.45, 2.75) is 0 Å². The van der Waals surface area contributed by atoms with Crippen LogP contribution in [0.4, 0.5) is 5.82 Å². The predicted molar refractivity (Wildman–Crippen MR) is 53.9 cm³/mol. The van der Waals surface area contributed by atoms with Gasteiger partial charge in [0.1, 0.15) is 6.07 Å². The van der Waals surface area contributed by atoms with E-state index in [0.29, 0.717) is 11.4 Å². The SMILES string of the molecule is CNCCN(C)c1nnccc1C#N. The molecular weight excluding hydrogens is 178 g/mol. The van der Waals surface area contributed by atoms with Crippen molar-refractivity contribution in [3.63, 3.8) is 0 Å². The fraction of sp³-hybridized carbons (Fsp3) is 0.444. The van der Waals surface area contributed by atoms with Gasteiger partial charge in [0, 0.05) is 20.1 Å². The average molecular weight is 191 g/mol. The highest BCUT2D eigenvalue weighted by molar-refractivity contribution is 5.51. The van der Waals surface area contributed by atoms with Gasteiger partial charge >= 0.3 is 0 Å². The summed E-state index contributed by atoms with van der Waals surface area (Å²) in [6.07, 6.45) is 1.52. The maximum Gasteiger partial charge on any atom is 0.169 e. The number of nitrogens with zero attached hydrogens (tertiary/aromatic N) is 4. The molecule has 0 atom stereocenters. The van der Waals surface area contributed by atoms with Gasteiger partial charge in [-0.2, -0.15) is 10.4 Å². The molecule has 0 amide bonds. The number of aromatic nitrogens is 2. The number of likely N-dealkylation sites (N-methyl/N-ethyl adjacent to an activating group) is 2. The van der Waals surface area contributed by atoms with Crippen molar-refractivity contribution in [1.82, 2.24) is 15.5 Å². The smallest absolute Gasteiger partial charge is 0.169 e. The molecule has 1 heterocycles. The molecule has 0 bridgehead atoms. The molecule has 5 nitrogen and oxygen atoms in total. The van der Waals surface area contributed by atoms with Crippen LogP contribution in [0.2, 0.25) is 0 Å². The first kappa shape index (κ1) is 10.4. The van der Waals surface area contributed by atoms with Gasteiger partial charge in [0.05, 0.1) is 11.8 Å². The van der Waals surface area contributed by atoms with E-state index in [1.165, 1.54) is 6.20 Å². The standard InChI is InChI=1S/C9H13N5/c1-11-5-6-14(2)9-8(7-10)3-4-12-13-9/h3-4,11H,5-6H2,1-2H3. The second-order valence-corrected chi connectivity index (χ2v) is 2.91. The molecule has 0 unspecified atom stereocenters. The number of nitriles is 1. The van der Waals surface area contributed by atoms with Crippen molar-refractivity contribution in [3.05, 3.63) is 17.8 Å². The Balaban J connectivity index is 2.79. The molecule has 0 aliphatic rings. The predicted octanol–water partition coefficient (Wildman–Crippen LogP) is 0.00388. The van der Waals surface area contributed by atoms with Crippen molar-refractivity contribution in [1.29, 1.82) is 5.26 Å². The number of anilines is 1. The minimum Gasteiger partial charge on any atom is -0.356 e. The quantitative estimate of drug-likeness (QED) is 0.726. The van der Waals surface area contributed by atoms with Gasteiger partial charge in [0.2, 0.25) is 0 Å². The second-order valence-electron chi connectivity index (χ2n) is 2.91. The molecule has 0 saturated carbocycles. The van der Waals surface area contributed by atoms with Crippen LogP contribution in [0.25, 0.3) is 0 Å². The van der Waals surface area contributed by atoms with Gasteiger partial charge in [-0.3, -0.25) is 0 Å². The highest BCUT2D eigenvalue weighted by Crippen LogP contribution is 2.12. The third kappa shape index (κ3) is 2.41. The van der Waals surface area contributed by atoms with E-state index in [1.807, 2.05) is 19.0 Å². The van der Waals surface area contributed by atoms with Gasteiger partial charge in [0.25, 0.3) is 0 Å². The molecule has 0 fully saturated rings. The summed E-state index contributed by atoms with van der Waals surface area (Å²) >= 11 is 0. The minimum atomic E-state index is 0.554. The Labute approximate surface area is 83.4 Å². The summed E-state index contributed by atoms with van der Waals surface area (Å²) in [5, 5.41) is 19.6. The van der Waals surface area contributed by atoms with E-state index >= 15 is 0 Å². The van der Waals surface area contributed by atoms with E-state index in [0.717, 1.165) is 13.1 Å². The monoisotopic (exact) mass is 191 g/mol. The van der Waals surface area contributed by atoms with Crippen molar-refractivity contribution in [2.75, 3.05) is 32.1 Å². The highest BCUT2D eigenvalue weighted by atomic mass is 15.2. The molecule has 0 aliphatic carbocycles. The van der Waals surface area contributed by atoms with E-state index < -0.39 is 0 Å². The van der Waals surface area contributed by atoms with Crippen LogP contribution in [0.15, 0.2) is 12.3 Å². The zero-order valence-corrected chi connectivity index (χ0v) is 8.36. The van der Waals surface area contributed by atoms with Crippen LogP contribution in [0.1, 0.15) is 5.56 Å². The Morgan fingerprint density at radius 1 is 1.64 bits per heavy atom. The summed E-state index contributed by atoms with van der Waals surface area (Å²) in [6, 6.07) is 3.75. The maximum absolute atomic E-state index is 8.83. The second kappa shape index (κ2) is 5.14. The molecule has 0 aliphatic heterocycles. The molecule has 14 heavy (non-hydrogen) atoms. The third-order valence-corrected chi connectivity index (χ3v) is 1.88. The molecule has 0 saturated heterocycles. The van der Waals surface area contributed by atoms with Crippen LogP contribution < -0.4 is 10.2 Å². The fourth-order valence-electron chi connectivity index (χ4n) is 1.08. The molecule has 1 rings (SSSR count). The lowest BCUT2D eigenvalue weighted by molar-refractivity contribution is 0.754. The summed E-state index contributed by atoms with van der Waals surface area (Å²) in [7, 11) is 3.78. The summed E-state index contributed by atoms with van der Waals surface area (Å²) in [4.78, 5) is 1.90. The van der Waals surface area contributed by atoms with E-state index in [9.17, 15) is 0 Å². The van der Waals surface area contributed by atoms with Gasteiger partial charge < -0.3 is 10.2 Å². The molecule has 0 aromatic carbocycles. The Morgan fingerprint density at radius 2 is 2.43 bits per heavy atom. The number of hydrogen-bond acceptors (Lipinski definition) is 5. The molecule has 1 aromatic heterocycles. The fourth-order valence-corrected chi connectivity index (χ4v) is 1.08. The Bertz CT molecular complexity index is 330. The van der Waals surface area contributed by atoms with Gasteiger partial charge in [-0.25, -0.2) is 0 Å². The zero-order chi connectivity index (χ0) is 10.4. The Kier molecular flexibility index (Phi) is 3.83. The van der Waals surface area contributed by atoms with E-state index in [-0.39, 0.29) is 0 Å². The molecule has 74 valence electrons. The van der Waals surface area contributed by atoms with E-state index in [1.54, 1.807) is 6.07 Å². The number of rotatable bonds is 4. The Hall–Kier alpha value is -1.67. The lowest BCUT2D eigenvalue weighted by atomic mass is 10.3. The third-order valence-electron chi connectivity index (χ3n) is 1.88. The van der Waals surface area contributed by atoms with Crippen molar-refractivity contribution < 1.29 is 0 Å². The summed E-state index contributed by atoms with van der Waals surface area (Å²) < 4.78 is 0. The first-order valence-electron chi connectivity index (χ1n) is 4.37. The summed E-state index contributed by atoms with van der Waals surface area (Å²) in [5.41, 5.74) is 0.554. The van der Waals surface area contributed by atoms with Gasteiger partial charge in [-0.05, 0) is 13.1 Å². The Morgan fingerprint density at radius 3 is 3.07 bits per heavy atom. The number of hydrogen-bond donors (Lipinski definition) is 1. The zero-order valence-electron chi connectivity index (χ0n) is 8.36. The lowest BCUT2D eigenvalue weighted by Gasteiger charge is -2.17. The first-order valence-corrected chi connectivity index (χ1v) is 4.37. The largest absolute Gasteiger partial charge is 0.356 e. The van der Waals surface area contributed by atoms with Crippen LogP contribution in [0, 0.1) is 11.3 Å². The molecule has 0 spiro atoms. The van der Waals surface area contributed by atoms with E-state index in [4.69, 9.17) is 5.26 Å². The molecule has 1 aromatic rings. The summed E-state index contributed by atoms with van der Waals surface area (Å²) in [6.45, 7) is 1.64. The van der Waals surface area contributed by atoms with Crippen molar-refractivity contribution in [3.8, 4) is 6.07 Å². The molecule has 0 radical (unpaired) electrons. The normalized spacial score (nSPS) is 9.50. The van der Waals surface area contributed by atoms with E-state index in [2.05, 4.69) is 21.6 Å². The molecular formula is C9H13N5. The summed E-state index contributed by atoms with van der Waals surface area (Å²) in [5.74, 6) is 0.630. The van der Waals surface area contributed by atoms with Crippen molar-refractivity contribution >= 4 is 5.82 Å². The van der Waals surface area contributed by atoms with Crippen LogP contribution >= 0.6 is 0 Å². The number of nitrogens with one attached hydrogen (secondary N) is 1. The van der Waals surface area contributed by atoms with Crippen LogP contribution in [-0.4, -0.2) is 37.4 Å². The topological polar surface area (TPSA) is 64.8 Å². The average Bonchev–Trinajstić information content (AvgIpc) is 2.25.